The Morgan fingerprint density at radius 3 is 2.93 bits per heavy atom. The topological polar surface area (TPSA) is 20.3 Å². The van der Waals surface area contributed by atoms with Crippen LogP contribution < -0.4 is 0 Å². The van der Waals surface area contributed by atoms with E-state index in [1.54, 1.807) is 0 Å². The van der Waals surface area contributed by atoms with Crippen LogP contribution in [-0.4, -0.2) is 29.8 Å². The van der Waals surface area contributed by atoms with E-state index in [2.05, 4.69) is 6.92 Å². The predicted octanol–water partition coefficient (Wildman–Crippen LogP) is 3.04. The summed E-state index contributed by atoms with van der Waals surface area (Å²) in [4.78, 5) is 13.8. The molecule has 1 aliphatic rings. The first-order valence-corrected chi connectivity index (χ1v) is 6.65. The fourth-order valence-corrected chi connectivity index (χ4v) is 2.44. The molecule has 0 aromatic heterocycles. The second-order valence-electron chi connectivity index (χ2n) is 4.43. The molecule has 0 aliphatic carbocycles. The molecule has 0 spiro atoms. The van der Waals surface area contributed by atoms with Crippen LogP contribution in [0.5, 0.6) is 0 Å². The molecule has 15 heavy (non-hydrogen) atoms. The summed E-state index contributed by atoms with van der Waals surface area (Å²) in [5, 5.41) is 0. The van der Waals surface area contributed by atoms with Gasteiger partial charge in [-0.1, -0.05) is 19.8 Å². The second-order valence-corrected chi connectivity index (χ2v) is 4.81. The molecule has 2 nitrogen and oxygen atoms in total. The van der Waals surface area contributed by atoms with Crippen molar-refractivity contribution in [2.75, 3.05) is 19.0 Å². The van der Waals surface area contributed by atoms with Crippen molar-refractivity contribution in [3.05, 3.63) is 0 Å². The van der Waals surface area contributed by atoms with Gasteiger partial charge in [0.05, 0.1) is 0 Å². The minimum absolute atomic E-state index is 0.348. The van der Waals surface area contributed by atoms with Gasteiger partial charge in [-0.15, -0.1) is 11.6 Å². The lowest BCUT2D eigenvalue weighted by Gasteiger charge is -2.16. The zero-order chi connectivity index (χ0) is 11.1. The number of halogens is 1. The summed E-state index contributed by atoms with van der Waals surface area (Å²) in [7, 11) is 0. The number of likely N-dealkylation sites (tertiary alicyclic amines) is 1. The molecule has 1 saturated heterocycles. The predicted molar refractivity (Wildman–Crippen MR) is 64.2 cm³/mol. The largest absolute Gasteiger partial charge is 0.342 e. The van der Waals surface area contributed by atoms with Gasteiger partial charge < -0.3 is 4.90 Å². The van der Waals surface area contributed by atoms with E-state index < -0.39 is 0 Å². The van der Waals surface area contributed by atoms with Crippen LogP contribution in [-0.2, 0) is 4.79 Å². The Bertz CT molecular complexity index is 196. The highest BCUT2D eigenvalue weighted by Crippen LogP contribution is 2.21. The van der Waals surface area contributed by atoms with Gasteiger partial charge in [0.1, 0.15) is 0 Å². The van der Waals surface area contributed by atoms with E-state index in [1.807, 2.05) is 4.90 Å². The SMILES string of the molecule is CCCCCC(=O)N1CCC(CCCl)C1. The summed E-state index contributed by atoms with van der Waals surface area (Å²) in [6.45, 7) is 4.06. The Balaban J connectivity index is 2.18. The molecule has 1 fully saturated rings. The average molecular weight is 232 g/mol. The van der Waals surface area contributed by atoms with Gasteiger partial charge in [-0.05, 0) is 25.2 Å². The highest BCUT2D eigenvalue weighted by Gasteiger charge is 2.24. The molecule has 0 bridgehead atoms. The van der Waals surface area contributed by atoms with E-state index in [1.165, 1.54) is 12.8 Å². The fourth-order valence-electron chi connectivity index (χ4n) is 2.13. The molecule has 0 aromatic carbocycles. The number of alkyl halides is 1. The van der Waals surface area contributed by atoms with Crippen LogP contribution in [0.3, 0.4) is 0 Å². The van der Waals surface area contributed by atoms with Gasteiger partial charge in [0.15, 0.2) is 0 Å². The Morgan fingerprint density at radius 1 is 1.47 bits per heavy atom. The molecule has 88 valence electrons. The van der Waals surface area contributed by atoms with E-state index in [4.69, 9.17) is 11.6 Å². The molecule has 1 rings (SSSR count). The minimum atomic E-state index is 0.348. The first kappa shape index (κ1) is 12.8. The lowest BCUT2D eigenvalue weighted by molar-refractivity contribution is -0.130. The van der Waals surface area contributed by atoms with Crippen molar-refractivity contribution in [1.82, 2.24) is 4.90 Å². The number of unbranched alkanes of at least 4 members (excludes halogenated alkanes) is 2. The molecule has 0 radical (unpaired) electrons. The van der Waals surface area contributed by atoms with Crippen molar-refractivity contribution in [3.63, 3.8) is 0 Å². The summed E-state index contributed by atoms with van der Waals surface area (Å²) in [6, 6.07) is 0. The monoisotopic (exact) mass is 231 g/mol. The maximum Gasteiger partial charge on any atom is 0.222 e. The summed E-state index contributed by atoms with van der Waals surface area (Å²) < 4.78 is 0. The molecule has 1 atom stereocenters. The van der Waals surface area contributed by atoms with Crippen LogP contribution >= 0.6 is 11.6 Å². The maximum absolute atomic E-state index is 11.8. The van der Waals surface area contributed by atoms with E-state index in [-0.39, 0.29) is 0 Å². The smallest absolute Gasteiger partial charge is 0.222 e. The van der Waals surface area contributed by atoms with Crippen LogP contribution in [0.15, 0.2) is 0 Å². The van der Waals surface area contributed by atoms with Gasteiger partial charge in [-0.3, -0.25) is 4.79 Å². The standard InChI is InChI=1S/C12H22ClNO/c1-2-3-4-5-12(15)14-9-7-11(10-14)6-8-13/h11H,2-10H2,1H3. The Kier molecular flexibility index (Phi) is 6.07. The molecule has 0 aromatic rings. The number of carbonyl (C=O) groups is 1. The Labute approximate surface area is 98.0 Å². The van der Waals surface area contributed by atoms with Gasteiger partial charge in [-0.25, -0.2) is 0 Å². The van der Waals surface area contributed by atoms with E-state index in [0.29, 0.717) is 11.8 Å². The molecular formula is C12H22ClNO. The van der Waals surface area contributed by atoms with Crippen LogP contribution in [0.2, 0.25) is 0 Å². The number of hydrogen-bond acceptors (Lipinski definition) is 1. The summed E-state index contributed by atoms with van der Waals surface area (Å²) in [6.07, 6.45) is 6.34. The lowest BCUT2D eigenvalue weighted by atomic mass is 10.1. The molecule has 0 saturated carbocycles. The van der Waals surface area contributed by atoms with Crippen LogP contribution in [0.1, 0.15) is 45.4 Å². The Hall–Kier alpha value is -0.240. The first-order valence-electron chi connectivity index (χ1n) is 6.11. The quantitative estimate of drug-likeness (QED) is 0.508. The molecule has 1 aliphatic heterocycles. The number of hydrogen-bond donors (Lipinski definition) is 0. The normalized spacial score (nSPS) is 20.9. The van der Waals surface area contributed by atoms with Crippen molar-refractivity contribution < 1.29 is 4.79 Å². The molecule has 1 unspecified atom stereocenters. The number of rotatable bonds is 6. The zero-order valence-corrected chi connectivity index (χ0v) is 10.4. The lowest BCUT2D eigenvalue weighted by Crippen LogP contribution is -2.28. The summed E-state index contributed by atoms with van der Waals surface area (Å²) in [5.41, 5.74) is 0. The van der Waals surface area contributed by atoms with E-state index in [9.17, 15) is 4.79 Å². The van der Waals surface area contributed by atoms with E-state index in [0.717, 1.165) is 44.7 Å². The molecule has 3 heteroatoms. The van der Waals surface area contributed by atoms with Gasteiger partial charge >= 0.3 is 0 Å². The Morgan fingerprint density at radius 2 is 2.27 bits per heavy atom. The van der Waals surface area contributed by atoms with E-state index >= 15 is 0 Å². The number of nitrogens with zero attached hydrogens (tertiary/aromatic N) is 1. The molecule has 1 amide bonds. The third-order valence-corrected chi connectivity index (χ3v) is 3.37. The second kappa shape index (κ2) is 7.10. The van der Waals surface area contributed by atoms with Crippen molar-refractivity contribution in [2.24, 2.45) is 5.92 Å². The van der Waals surface area contributed by atoms with Crippen molar-refractivity contribution in [2.45, 2.75) is 45.4 Å². The summed E-state index contributed by atoms with van der Waals surface area (Å²) in [5.74, 6) is 1.72. The highest BCUT2D eigenvalue weighted by molar-refractivity contribution is 6.17. The third kappa shape index (κ3) is 4.42. The molecule has 1 heterocycles. The van der Waals surface area contributed by atoms with Gasteiger partial charge in [0.2, 0.25) is 5.91 Å². The first-order chi connectivity index (χ1) is 7.27. The summed E-state index contributed by atoms with van der Waals surface area (Å²) >= 11 is 5.71. The number of carbonyl (C=O) groups excluding carboxylic acids is 1. The maximum atomic E-state index is 11.8. The molecular weight excluding hydrogens is 210 g/mol. The van der Waals surface area contributed by atoms with Gasteiger partial charge in [-0.2, -0.15) is 0 Å². The van der Waals surface area contributed by atoms with Gasteiger partial charge in [0.25, 0.3) is 0 Å². The fraction of sp³-hybridized carbons (Fsp3) is 0.917. The van der Waals surface area contributed by atoms with Crippen LogP contribution in [0.25, 0.3) is 0 Å². The van der Waals surface area contributed by atoms with Crippen molar-refractivity contribution in [3.8, 4) is 0 Å². The number of amides is 1. The van der Waals surface area contributed by atoms with Crippen LogP contribution in [0.4, 0.5) is 0 Å². The van der Waals surface area contributed by atoms with Gasteiger partial charge in [0, 0.05) is 25.4 Å². The average Bonchev–Trinajstić information content (AvgIpc) is 2.67. The molecule has 0 N–H and O–H groups in total. The third-order valence-electron chi connectivity index (χ3n) is 3.15. The highest BCUT2D eigenvalue weighted by atomic mass is 35.5. The van der Waals surface area contributed by atoms with Crippen molar-refractivity contribution >= 4 is 17.5 Å². The van der Waals surface area contributed by atoms with Crippen LogP contribution in [0, 0.1) is 5.92 Å². The zero-order valence-electron chi connectivity index (χ0n) is 9.67. The minimum Gasteiger partial charge on any atom is -0.342 e. The van der Waals surface area contributed by atoms with Crippen molar-refractivity contribution in [1.29, 1.82) is 0 Å².